The molecule has 4 unspecified atom stereocenters. The minimum atomic E-state index is -0.793. The number of carbonyl (C=O) groups is 4. The van der Waals surface area contributed by atoms with Crippen molar-refractivity contribution in [2.24, 2.45) is 17.8 Å². The molecular formula is C30H23BrN2O8. The highest BCUT2D eigenvalue weighted by atomic mass is 79.9. The number of nitro groups is 1. The molecule has 208 valence electrons. The SMILES string of the molecule is O=C1C=C(Br)C(=O)C2=C1C(c1ccc(OCCO)cc1)C1=CCC3C(=O)N(c4cccc([N+](=O)[O-])c4)C(=O)C3C1C2. The number of Topliss-reactive ketones (excluding diaryl/α,β-unsaturated/α-hetero) is 1. The predicted molar refractivity (Wildman–Crippen MR) is 149 cm³/mol. The molecule has 2 amide bonds. The molecule has 4 aliphatic rings. The van der Waals surface area contributed by atoms with Gasteiger partial charge in [0.2, 0.25) is 11.8 Å². The highest BCUT2D eigenvalue weighted by Gasteiger charge is 2.56. The summed E-state index contributed by atoms with van der Waals surface area (Å²) in [4.78, 5) is 65.9. The van der Waals surface area contributed by atoms with Crippen molar-refractivity contribution < 1.29 is 33.9 Å². The molecule has 1 fully saturated rings. The zero-order chi connectivity index (χ0) is 29.0. The lowest BCUT2D eigenvalue weighted by Gasteiger charge is -2.42. The van der Waals surface area contributed by atoms with Gasteiger partial charge in [0.15, 0.2) is 11.6 Å². The van der Waals surface area contributed by atoms with Crippen molar-refractivity contribution >= 4 is 50.7 Å². The molecular weight excluding hydrogens is 596 g/mol. The normalized spacial score (nSPS) is 25.4. The minimum Gasteiger partial charge on any atom is -0.491 e. The molecule has 6 rings (SSSR count). The fourth-order valence-corrected chi connectivity index (χ4v) is 6.95. The molecule has 41 heavy (non-hydrogen) atoms. The highest BCUT2D eigenvalue weighted by Crippen LogP contribution is 2.55. The largest absolute Gasteiger partial charge is 0.491 e. The third kappa shape index (κ3) is 4.36. The zero-order valence-corrected chi connectivity index (χ0v) is 23.1. The van der Waals surface area contributed by atoms with Gasteiger partial charge < -0.3 is 9.84 Å². The van der Waals surface area contributed by atoms with Gasteiger partial charge in [-0.15, -0.1) is 0 Å². The highest BCUT2D eigenvalue weighted by molar-refractivity contribution is 9.12. The molecule has 3 aliphatic carbocycles. The standard InChI is InChI=1S/C30H23BrN2O8/c31-23-14-24(35)27-22(28(23)36)13-21-19(25(27)15-4-6-18(7-5-15)41-11-10-34)8-9-20-26(21)30(38)32(29(20)37)16-2-1-3-17(12-16)33(39)40/h1-8,12,14,20-21,25-26,34H,9-11,13H2. The van der Waals surface area contributed by atoms with Crippen molar-refractivity contribution in [3.63, 3.8) is 0 Å². The number of ketones is 2. The van der Waals surface area contributed by atoms with E-state index in [9.17, 15) is 29.3 Å². The molecule has 1 aliphatic heterocycles. The first-order valence-electron chi connectivity index (χ1n) is 13.1. The Morgan fingerprint density at radius 3 is 2.51 bits per heavy atom. The van der Waals surface area contributed by atoms with E-state index in [2.05, 4.69) is 15.9 Å². The second-order valence-electron chi connectivity index (χ2n) is 10.3. The number of nitro benzene ring substituents is 1. The maximum Gasteiger partial charge on any atom is 0.271 e. The molecule has 1 saturated heterocycles. The number of hydrogen-bond acceptors (Lipinski definition) is 8. The monoisotopic (exact) mass is 618 g/mol. The van der Waals surface area contributed by atoms with Crippen LogP contribution < -0.4 is 9.64 Å². The lowest BCUT2D eigenvalue weighted by atomic mass is 9.59. The van der Waals surface area contributed by atoms with Gasteiger partial charge in [0.25, 0.3) is 5.69 Å². The Hall–Kier alpha value is -4.22. The van der Waals surface area contributed by atoms with Gasteiger partial charge in [-0.1, -0.05) is 29.8 Å². The van der Waals surface area contributed by atoms with Crippen molar-refractivity contribution in [3.8, 4) is 5.75 Å². The maximum atomic E-state index is 13.9. The van der Waals surface area contributed by atoms with E-state index in [0.29, 0.717) is 16.9 Å². The fraction of sp³-hybridized carbons (Fsp3) is 0.267. The molecule has 1 heterocycles. The van der Waals surface area contributed by atoms with Crippen LogP contribution in [-0.4, -0.2) is 46.6 Å². The summed E-state index contributed by atoms with van der Waals surface area (Å²) < 4.78 is 5.62. The molecule has 4 atom stereocenters. The Balaban J connectivity index is 1.43. The number of aliphatic hydroxyl groups excluding tert-OH is 1. The minimum absolute atomic E-state index is 0.117. The molecule has 0 spiro atoms. The van der Waals surface area contributed by atoms with Gasteiger partial charge in [0.1, 0.15) is 12.4 Å². The number of non-ortho nitro benzene ring substituents is 1. The van der Waals surface area contributed by atoms with Crippen LogP contribution in [0.3, 0.4) is 0 Å². The lowest BCUT2D eigenvalue weighted by Crippen LogP contribution is -2.39. The second kappa shape index (κ2) is 10.3. The average Bonchev–Trinajstić information content (AvgIpc) is 3.23. The molecule has 0 radical (unpaired) electrons. The molecule has 1 N–H and O–H groups in total. The van der Waals surface area contributed by atoms with Gasteiger partial charge in [-0.05, 0) is 58.5 Å². The van der Waals surface area contributed by atoms with E-state index in [1.54, 1.807) is 24.3 Å². The van der Waals surface area contributed by atoms with E-state index in [4.69, 9.17) is 9.84 Å². The average molecular weight is 619 g/mol. The van der Waals surface area contributed by atoms with Crippen LogP contribution in [0, 0.1) is 27.9 Å². The van der Waals surface area contributed by atoms with Gasteiger partial charge in [0, 0.05) is 35.3 Å². The summed E-state index contributed by atoms with van der Waals surface area (Å²) in [6.45, 7) is -0.0208. The van der Waals surface area contributed by atoms with Gasteiger partial charge in [-0.3, -0.25) is 29.3 Å². The van der Waals surface area contributed by atoms with E-state index in [1.807, 2.05) is 6.08 Å². The van der Waals surface area contributed by atoms with Crippen molar-refractivity contribution in [2.45, 2.75) is 18.8 Å². The molecule has 2 aromatic rings. The van der Waals surface area contributed by atoms with Crippen LogP contribution in [0.1, 0.15) is 24.3 Å². The van der Waals surface area contributed by atoms with E-state index in [-0.39, 0.29) is 53.5 Å². The summed E-state index contributed by atoms with van der Waals surface area (Å²) in [5, 5.41) is 20.4. The summed E-state index contributed by atoms with van der Waals surface area (Å²) in [5.41, 5.74) is 2.08. The van der Waals surface area contributed by atoms with Crippen LogP contribution in [0.2, 0.25) is 0 Å². The summed E-state index contributed by atoms with van der Waals surface area (Å²) in [7, 11) is 0. The number of rotatable bonds is 6. The lowest BCUT2D eigenvalue weighted by molar-refractivity contribution is -0.384. The van der Waals surface area contributed by atoms with Crippen molar-refractivity contribution in [2.75, 3.05) is 18.1 Å². The number of imide groups is 1. The summed E-state index contributed by atoms with van der Waals surface area (Å²) >= 11 is 3.21. The Morgan fingerprint density at radius 1 is 1.05 bits per heavy atom. The quantitative estimate of drug-likeness (QED) is 0.169. The van der Waals surface area contributed by atoms with Crippen LogP contribution in [-0.2, 0) is 19.2 Å². The van der Waals surface area contributed by atoms with Crippen molar-refractivity contribution in [1.82, 2.24) is 0 Å². The summed E-state index contributed by atoms with van der Waals surface area (Å²) in [5.74, 6) is -3.65. The Bertz CT molecular complexity index is 1620. The van der Waals surface area contributed by atoms with Crippen LogP contribution in [0.4, 0.5) is 11.4 Å². The second-order valence-corrected chi connectivity index (χ2v) is 11.2. The number of allylic oxidation sites excluding steroid dienone is 6. The van der Waals surface area contributed by atoms with Crippen molar-refractivity contribution in [3.05, 3.63) is 97.6 Å². The number of anilines is 1. The number of hydrogen-bond donors (Lipinski definition) is 1. The Kier molecular flexibility index (Phi) is 6.79. The van der Waals surface area contributed by atoms with E-state index < -0.39 is 40.4 Å². The third-order valence-corrected chi connectivity index (χ3v) is 8.79. The smallest absolute Gasteiger partial charge is 0.271 e. The zero-order valence-electron chi connectivity index (χ0n) is 21.5. The predicted octanol–water partition coefficient (Wildman–Crippen LogP) is 3.93. The Labute approximate surface area is 242 Å². The van der Waals surface area contributed by atoms with Gasteiger partial charge >= 0.3 is 0 Å². The van der Waals surface area contributed by atoms with E-state index in [0.717, 1.165) is 16.0 Å². The van der Waals surface area contributed by atoms with Crippen LogP contribution in [0.5, 0.6) is 5.75 Å². The van der Waals surface area contributed by atoms with Crippen LogP contribution >= 0.6 is 15.9 Å². The van der Waals surface area contributed by atoms with E-state index in [1.165, 1.54) is 30.3 Å². The number of nitrogens with zero attached hydrogens (tertiary/aromatic N) is 2. The summed E-state index contributed by atoms with van der Waals surface area (Å²) in [6.07, 6.45) is 3.55. The van der Waals surface area contributed by atoms with E-state index >= 15 is 0 Å². The van der Waals surface area contributed by atoms with Gasteiger partial charge in [0.05, 0.1) is 33.5 Å². The maximum absolute atomic E-state index is 13.9. The number of amides is 2. The molecule has 11 heteroatoms. The van der Waals surface area contributed by atoms with Gasteiger partial charge in [-0.25, -0.2) is 4.90 Å². The first kappa shape index (κ1) is 27.0. The van der Waals surface area contributed by atoms with Crippen LogP contribution in [0.15, 0.2) is 81.9 Å². The number of fused-ring (bicyclic) bond motifs is 3. The van der Waals surface area contributed by atoms with Crippen molar-refractivity contribution in [1.29, 1.82) is 0 Å². The number of benzene rings is 2. The third-order valence-electron chi connectivity index (χ3n) is 8.20. The number of ether oxygens (including phenoxy) is 1. The molecule has 2 aromatic carbocycles. The Morgan fingerprint density at radius 2 is 1.80 bits per heavy atom. The first-order chi connectivity index (χ1) is 19.7. The first-order valence-corrected chi connectivity index (χ1v) is 13.9. The molecule has 0 saturated carbocycles. The molecule has 0 aromatic heterocycles. The molecule has 0 bridgehead atoms. The number of carbonyl (C=O) groups excluding carboxylic acids is 4. The number of halogens is 1. The van der Waals surface area contributed by atoms with Gasteiger partial charge in [-0.2, -0.15) is 0 Å². The molecule has 10 nitrogen and oxygen atoms in total. The van der Waals surface area contributed by atoms with Crippen LogP contribution in [0.25, 0.3) is 0 Å². The summed E-state index contributed by atoms with van der Waals surface area (Å²) in [6, 6.07) is 12.4. The topological polar surface area (TPSA) is 144 Å². The fourth-order valence-electron chi connectivity index (χ4n) is 6.51. The number of aliphatic hydroxyl groups is 1.